The molecule has 2 rings (SSSR count). The highest BCUT2D eigenvalue weighted by Crippen LogP contribution is 2.32. The van der Waals surface area contributed by atoms with E-state index in [9.17, 15) is 13.2 Å². The molecule has 0 saturated carbocycles. The van der Waals surface area contributed by atoms with Crippen molar-refractivity contribution in [1.82, 2.24) is 0 Å². The van der Waals surface area contributed by atoms with Crippen molar-refractivity contribution in [2.24, 2.45) is 5.14 Å². The highest BCUT2D eigenvalue weighted by molar-refractivity contribution is 7.89. The molecule has 0 atom stereocenters. The van der Waals surface area contributed by atoms with Crippen LogP contribution in [-0.2, 0) is 14.8 Å². The maximum absolute atomic E-state index is 11.8. The van der Waals surface area contributed by atoms with Gasteiger partial charge in [-0.1, -0.05) is 6.07 Å². The number of ether oxygens (including phenoxy) is 1. The second-order valence-electron chi connectivity index (χ2n) is 3.73. The fourth-order valence-electron chi connectivity index (χ4n) is 1.75. The molecule has 7 heteroatoms. The molecule has 2 aromatic rings. The summed E-state index contributed by atoms with van der Waals surface area (Å²) >= 11 is 1.39. The van der Waals surface area contributed by atoms with Gasteiger partial charge in [0.2, 0.25) is 10.0 Å². The van der Waals surface area contributed by atoms with E-state index in [0.29, 0.717) is 5.56 Å². The summed E-state index contributed by atoms with van der Waals surface area (Å²) in [4.78, 5) is 11.7. The topological polar surface area (TPSA) is 86.5 Å². The average molecular weight is 297 g/mol. The van der Waals surface area contributed by atoms with Gasteiger partial charge in [0, 0.05) is 5.56 Å². The minimum atomic E-state index is -3.93. The van der Waals surface area contributed by atoms with Crippen molar-refractivity contribution in [3.63, 3.8) is 0 Å². The van der Waals surface area contributed by atoms with Crippen molar-refractivity contribution < 1.29 is 17.9 Å². The molecular weight excluding hydrogens is 286 g/mol. The summed E-state index contributed by atoms with van der Waals surface area (Å²) in [6, 6.07) is 6.06. The highest BCUT2D eigenvalue weighted by Gasteiger charge is 2.22. The van der Waals surface area contributed by atoms with Crippen LogP contribution >= 0.6 is 11.3 Å². The summed E-state index contributed by atoms with van der Waals surface area (Å²) in [7, 11) is -2.69. The van der Waals surface area contributed by atoms with E-state index in [-0.39, 0.29) is 16.0 Å². The van der Waals surface area contributed by atoms with Crippen molar-refractivity contribution in [3.05, 3.63) is 40.6 Å². The zero-order valence-corrected chi connectivity index (χ0v) is 11.6. The van der Waals surface area contributed by atoms with Gasteiger partial charge < -0.3 is 4.74 Å². The van der Waals surface area contributed by atoms with E-state index < -0.39 is 16.0 Å². The number of nitrogens with two attached hydrogens (primary N) is 1. The number of methoxy groups -OCH3 is 1. The Morgan fingerprint density at radius 1 is 1.32 bits per heavy atom. The summed E-state index contributed by atoms with van der Waals surface area (Å²) < 4.78 is 28.0. The lowest BCUT2D eigenvalue weighted by atomic mass is 10.0. The molecule has 100 valence electrons. The first-order valence-electron chi connectivity index (χ1n) is 5.22. The van der Waals surface area contributed by atoms with Crippen LogP contribution < -0.4 is 5.14 Å². The Balaban J connectivity index is 2.81. The molecule has 1 aromatic carbocycles. The van der Waals surface area contributed by atoms with E-state index in [1.165, 1.54) is 36.6 Å². The number of rotatable bonds is 3. The third-order valence-corrected chi connectivity index (χ3v) is 4.18. The van der Waals surface area contributed by atoms with Crippen LogP contribution in [0.15, 0.2) is 39.9 Å². The van der Waals surface area contributed by atoms with Gasteiger partial charge in [-0.15, -0.1) is 0 Å². The summed E-state index contributed by atoms with van der Waals surface area (Å²) in [6.07, 6.45) is 0. The first-order chi connectivity index (χ1) is 8.95. The van der Waals surface area contributed by atoms with Crippen LogP contribution in [0.5, 0.6) is 0 Å². The quantitative estimate of drug-likeness (QED) is 0.876. The Bertz CT molecular complexity index is 705. The van der Waals surface area contributed by atoms with E-state index >= 15 is 0 Å². The average Bonchev–Trinajstić information content (AvgIpc) is 2.89. The van der Waals surface area contributed by atoms with Gasteiger partial charge >= 0.3 is 5.97 Å². The Morgan fingerprint density at radius 3 is 2.58 bits per heavy atom. The van der Waals surface area contributed by atoms with E-state index in [0.717, 1.165) is 0 Å². The third kappa shape index (κ3) is 2.67. The molecule has 0 spiro atoms. The van der Waals surface area contributed by atoms with Gasteiger partial charge in [-0.05, 0) is 34.5 Å². The third-order valence-electron chi connectivity index (χ3n) is 2.55. The molecule has 2 N–H and O–H groups in total. The molecule has 0 saturated heterocycles. The number of sulfonamides is 1. The molecule has 0 aliphatic rings. The molecule has 1 heterocycles. The van der Waals surface area contributed by atoms with E-state index in [1.54, 1.807) is 16.8 Å². The van der Waals surface area contributed by atoms with Crippen molar-refractivity contribution >= 4 is 27.3 Å². The van der Waals surface area contributed by atoms with Gasteiger partial charge in [-0.3, -0.25) is 0 Å². The summed E-state index contributed by atoms with van der Waals surface area (Å²) in [5.41, 5.74) is 1.07. The molecule has 0 unspecified atom stereocenters. The maximum atomic E-state index is 11.8. The predicted octanol–water partition coefficient (Wildman–Crippen LogP) is 1.85. The van der Waals surface area contributed by atoms with Crippen molar-refractivity contribution in [2.75, 3.05) is 7.11 Å². The first-order valence-corrected chi connectivity index (χ1v) is 7.70. The SMILES string of the molecule is COC(=O)c1cccc(S(N)(=O)=O)c1-c1ccsc1. The number of benzene rings is 1. The Labute approximate surface area is 114 Å². The molecule has 1 aromatic heterocycles. The predicted molar refractivity (Wildman–Crippen MR) is 72.5 cm³/mol. The number of carbonyl (C=O) groups excluding carboxylic acids is 1. The number of hydrogen-bond donors (Lipinski definition) is 1. The van der Waals surface area contributed by atoms with Crippen molar-refractivity contribution in [1.29, 1.82) is 0 Å². The minimum Gasteiger partial charge on any atom is -0.465 e. The molecule has 19 heavy (non-hydrogen) atoms. The number of esters is 1. The van der Waals surface area contributed by atoms with Crippen LogP contribution in [0.2, 0.25) is 0 Å². The molecular formula is C12H11NO4S2. The molecule has 0 aliphatic heterocycles. The van der Waals surface area contributed by atoms with Gasteiger partial charge in [0.25, 0.3) is 0 Å². The van der Waals surface area contributed by atoms with Gasteiger partial charge in [-0.25, -0.2) is 18.4 Å². The Kier molecular flexibility index (Phi) is 3.70. The van der Waals surface area contributed by atoms with Crippen LogP contribution in [0, 0.1) is 0 Å². The summed E-state index contributed by atoms with van der Waals surface area (Å²) in [5, 5.41) is 8.73. The van der Waals surface area contributed by atoms with E-state index in [4.69, 9.17) is 5.14 Å². The molecule has 0 bridgehead atoms. The zero-order chi connectivity index (χ0) is 14.0. The lowest BCUT2D eigenvalue weighted by Gasteiger charge is -2.11. The second kappa shape index (κ2) is 5.12. The molecule has 0 amide bonds. The monoisotopic (exact) mass is 297 g/mol. The van der Waals surface area contributed by atoms with Crippen molar-refractivity contribution in [2.45, 2.75) is 4.90 Å². The summed E-state index contributed by atoms with van der Waals surface area (Å²) in [5.74, 6) is -0.605. The number of thiophene rings is 1. The van der Waals surface area contributed by atoms with Gasteiger partial charge in [-0.2, -0.15) is 11.3 Å². The fourth-order valence-corrected chi connectivity index (χ4v) is 3.18. The highest BCUT2D eigenvalue weighted by atomic mass is 32.2. The van der Waals surface area contributed by atoms with E-state index in [1.807, 2.05) is 0 Å². The molecule has 0 aliphatic carbocycles. The van der Waals surface area contributed by atoms with Crippen LogP contribution in [-0.4, -0.2) is 21.5 Å². The van der Waals surface area contributed by atoms with Crippen LogP contribution in [0.1, 0.15) is 10.4 Å². The lowest BCUT2D eigenvalue weighted by molar-refractivity contribution is 0.0601. The number of carbonyl (C=O) groups is 1. The lowest BCUT2D eigenvalue weighted by Crippen LogP contribution is -2.15. The molecule has 0 fully saturated rings. The Morgan fingerprint density at radius 2 is 2.05 bits per heavy atom. The molecule has 0 radical (unpaired) electrons. The van der Waals surface area contributed by atoms with Crippen LogP contribution in [0.3, 0.4) is 0 Å². The van der Waals surface area contributed by atoms with Crippen molar-refractivity contribution in [3.8, 4) is 11.1 Å². The number of primary sulfonamides is 1. The largest absolute Gasteiger partial charge is 0.465 e. The normalized spacial score (nSPS) is 11.3. The second-order valence-corrected chi connectivity index (χ2v) is 6.04. The maximum Gasteiger partial charge on any atom is 0.338 e. The Hall–Kier alpha value is -1.70. The fraction of sp³-hybridized carbons (Fsp3) is 0.0833. The minimum absolute atomic E-state index is 0.0891. The first kappa shape index (κ1) is 13.7. The van der Waals surface area contributed by atoms with Gasteiger partial charge in [0.05, 0.1) is 17.6 Å². The van der Waals surface area contributed by atoms with Gasteiger partial charge in [0.15, 0.2) is 0 Å². The molecule has 5 nitrogen and oxygen atoms in total. The van der Waals surface area contributed by atoms with Crippen LogP contribution in [0.4, 0.5) is 0 Å². The van der Waals surface area contributed by atoms with Crippen LogP contribution in [0.25, 0.3) is 11.1 Å². The zero-order valence-electron chi connectivity index (χ0n) is 9.99. The van der Waals surface area contributed by atoms with Gasteiger partial charge in [0.1, 0.15) is 0 Å². The van der Waals surface area contributed by atoms with E-state index in [2.05, 4.69) is 4.74 Å². The number of hydrogen-bond acceptors (Lipinski definition) is 5. The standard InChI is InChI=1S/C12H11NO4S2/c1-17-12(14)9-3-2-4-10(19(13,15)16)11(9)8-5-6-18-7-8/h2-7H,1H3,(H2,13,15,16). The smallest absolute Gasteiger partial charge is 0.338 e. The summed E-state index contributed by atoms with van der Waals surface area (Å²) in [6.45, 7) is 0.